The van der Waals surface area contributed by atoms with Crippen LogP contribution in [0.4, 0.5) is 17.1 Å². The third-order valence-electron chi connectivity index (χ3n) is 11.2. The summed E-state index contributed by atoms with van der Waals surface area (Å²) in [5.41, 5.74) is 13.5. The molecule has 0 spiro atoms. The summed E-state index contributed by atoms with van der Waals surface area (Å²) >= 11 is 0. The van der Waals surface area contributed by atoms with E-state index < -0.39 is 0 Å². The first-order valence-corrected chi connectivity index (χ1v) is 18.2. The van der Waals surface area contributed by atoms with Gasteiger partial charge < -0.3 is 4.90 Å². The highest BCUT2D eigenvalue weighted by Crippen LogP contribution is 2.53. The fourth-order valence-corrected chi connectivity index (χ4v) is 8.60. The average molecular weight is 664 g/mol. The minimum Gasteiger partial charge on any atom is -0.309 e. The molecule has 1 nitrogen and oxygen atoms in total. The van der Waals surface area contributed by atoms with Gasteiger partial charge in [-0.1, -0.05) is 159 Å². The molecule has 9 aromatic rings. The van der Waals surface area contributed by atoms with Gasteiger partial charge in [-0.15, -0.1) is 0 Å². The van der Waals surface area contributed by atoms with Crippen LogP contribution in [0.25, 0.3) is 65.7 Å². The molecule has 0 saturated carbocycles. The third kappa shape index (κ3) is 4.77. The predicted octanol–water partition coefficient (Wildman–Crippen LogP) is 14.3. The van der Waals surface area contributed by atoms with Crippen molar-refractivity contribution in [3.63, 3.8) is 0 Å². The van der Waals surface area contributed by atoms with E-state index in [2.05, 4.69) is 207 Å². The highest BCUT2D eigenvalue weighted by molar-refractivity contribution is 6.08. The minimum atomic E-state index is -0.112. The second kappa shape index (κ2) is 11.8. The van der Waals surface area contributed by atoms with Crippen LogP contribution in [0.5, 0.6) is 0 Å². The van der Waals surface area contributed by atoms with Crippen molar-refractivity contribution in [3.05, 3.63) is 199 Å². The molecule has 0 saturated heterocycles. The second-order valence-corrected chi connectivity index (χ2v) is 14.6. The number of para-hydroxylation sites is 1. The zero-order valence-electron chi connectivity index (χ0n) is 29.3. The molecule has 0 bridgehead atoms. The van der Waals surface area contributed by atoms with Crippen molar-refractivity contribution >= 4 is 49.4 Å². The lowest BCUT2D eigenvalue weighted by molar-refractivity contribution is 0.661. The van der Waals surface area contributed by atoms with E-state index in [1.54, 1.807) is 0 Å². The molecule has 1 aliphatic rings. The Balaban J connectivity index is 1.28. The van der Waals surface area contributed by atoms with Crippen LogP contribution in [0.15, 0.2) is 188 Å². The van der Waals surface area contributed by atoms with E-state index in [1.165, 1.54) is 76.8 Å². The lowest BCUT2D eigenvalue weighted by Crippen LogP contribution is -2.16. The molecule has 0 N–H and O–H groups in total. The second-order valence-electron chi connectivity index (χ2n) is 14.6. The van der Waals surface area contributed by atoms with Crippen molar-refractivity contribution in [3.8, 4) is 33.4 Å². The normalized spacial score (nSPS) is 13.0. The molecule has 0 atom stereocenters. The standard InChI is InChI=1S/C51H37N/c1-51(2)46-28-27-41(33-45(46)44-31-38-19-8-9-20-39(38)32-47(44)51)52(48-23-13-12-21-42(48)35-15-4-3-5-16-35)49-29-26-36-17-10-11-22-43(36)50(49)40-25-24-34-14-6-7-18-37(34)30-40/h3-33H,1-2H3. The van der Waals surface area contributed by atoms with E-state index in [-0.39, 0.29) is 5.41 Å². The number of fused-ring (bicyclic) bond motifs is 6. The van der Waals surface area contributed by atoms with Gasteiger partial charge in [0.2, 0.25) is 0 Å². The molecule has 0 amide bonds. The van der Waals surface area contributed by atoms with Crippen molar-refractivity contribution in [2.75, 3.05) is 4.90 Å². The lowest BCUT2D eigenvalue weighted by atomic mass is 9.82. The van der Waals surface area contributed by atoms with Gasteiger partial charge in [-0.3, -0.25) is 0 Å². The monoisotopic (exact) mass is 663 g/mol. The van der Waals surface area contributed by atoms with Crippen LogP contribution in [0, 0.1) is 0 Å². The van der Waals surface area contributed by atoms with Gasteiger partial charge in [-0.05, 0) is 108 Å². The smallest absolute Gasteiger partial charge is 0.0546 e. The van der Waals surface area contributed by atoms with Crippen molar-refractivity contribution in [1.29, 1.82) is 0 Å². The third-order valence-corrected chi connectivity index (χ3v) is 11.2. The summed E-state index contributed by atoms with van der Waals surface area (Å²) in [5.74, 6) is 0. The number of nitrogens with zero attached hydrogens (tertiary/aromatic N) is 1. The molecule has 9 aromatic carbocycles. The van der Waals surface area contributed by atoms with Crippen LogP contribution < -0.4 is 4.90 Å². The molecule has 10 rings (SSSR count). The number of hydrogen-bond donors (Lipinski definition) is 0. The molecule has 1 heteroatoms. The van der Waals surface area contributed by atoms with Crippen LogP contribution in [0.2, 0.25) is 0 Å². The van der Waals surface area contributed by atoms with Gasteiger partial charge >= 0.3 is 0 Å². The van der Waals surface area contributed by atoms with Crippen molar-refractivity contribution in [1.82, 2.24) is 0 Å². The number of rotatable bonds is 5. The van der Waals surface area contributed by atoms with E-state index in [9.17, 15) is 0 Å². The van der Waals surface area contributed by atoms with E-state index in [1.807, 2.05) is 0 Å². The van der Waals surface area contributed by atoms with Gasteiger partial charge in [-0.25, -0.2) is 0 Å². The van der Waals surface area contributed by atoms with Crippen molar-refractivity contribution < 1.29 is 0 Å². The Labute approximate surface area is 305 Å². The molecule has 1 aliphatic carbocycles. The molecule has 0 unspecified atom stereocenters. The Morgan fingerprint density at radius 3 is 1.79 bits per heavy atom. The number of anilines is 3. The summed E-state index contributed by atoms with van der Waals surface area (Å²) in [6, 6.07) is 69.3. The van der Waals surface area contributed by atoms with Crippen LogP contribution in [0.1, 0.15) is 25.0 Å². The van der Waals surface area contributed by atoms with Gasteiger partial charge in [0, 0.05) is 22.2 Å². The van der Waals surface area contributed by atoms with Gasteiger partial charge in [0.1, 0.15) is 0 Å². The Morgan fingerprint density at radius 2 is 0.981 bits per heavy atom. The van der Waals surface area contributed by atoms with E-state index >= 15 is 0 Å². The summed E-state index contributed by atoms with van der Waals surface area (Å²) in [5, 5.41) is 7.50. The number of benzene rings is 9. The van der Waals surface area contributed by atoms with Crippen molar-refractivity contribution in [2.45, 2.75) is 19.3 Å². The maximum absolute atomic E-state index is 2.51. The first kappa shape index (κ1) is 30.4. The van der Waals surface area contributed by atoms with E-state index in [4.69, 9.17) is 0 Å². The average Bonchev–Trinajstić information content (AvgIpc) is 3.41. The maximum Gasteiger partial charge on any atom is 0.0546 e. The van der Waals surface area contributed by atoms with Gasteiger partial charge in [0.15, 0.2) is 0 Å². The van der Waals surface area contributed by atoms with E-state index in [0.29, 0.717) is 0 Å². The molecule has 0 fully saturated rings. The van der Waals surface area contributed by atoms with Crippen LogP contribution in [-0.4, -0.2) is 0 Å². The lowest BCUT2D eigenvalue weighted by Gasteiger charge is -2.31. The molecule has 0 aromatic heterocycles. The molecule has 52 heavy (non-hydrogen) atoms. The summed E-state index contributed by atoms with van der Waals surface area (Å²) in [7, 11) is 0. The maximum atomic E-state index is 2.51. The van der Waals surface area contributed by atoms with Crippen molar-refractivity contribution in [2.24, 2.45) is 0 Å². The summed E-state index contributed by atoms with van der Waals surface area (Å²) in [6.45, 7) is 4.74. The van der Waals surface area contributed by atoms with Crippen LogP contribution in [0.3, 0.4) is 0 Å². The Bertz CT molecular complexity index is 2830. The van der Waals surface area contributed by atoms with E-state index in [0.717, 1.165) is 17.1 Å². The predicted molar refractivity (Wildman–Crippen MR) is 222 cm³/mol. The Hall–Kier alpha value is -6.44. The zero-order valence-corrected chi connectivity index (χ0v) is 29.3. The molecular weight excluding hydrogens is 627 g/mol. The fraction of sp³-hybridized carbons (Fsp3) is 0.0588. The number of hydrogen-bond acceptors (Lipinski definition) is 1. The molecule has 0 radical (unpaired) electrons. The van der Waals surface area contributed by atoms with Crippen LogP contribution in [-0.2, 0) is 5.41 Å². The first-order valence-electron chi connectivity index (χ1n) is 18.2. The largest absolute Gasteiger partial charge is 0.309 e. The highest BCUT2D eigenvalue weighted by atomic mass is 15.1. The Morgan fingerprint density at radius 1 is 0.365 bits per heavy atom. The quantitative estimate of drug-likeness (QED) is 0.177. The van der Waals surface area contributed by atoms with Gasteiger partial charge in [0.05, 0.1) is 11.4 Å². The minimum absolute atomic E-state index is 0.112. The molecule has 246 valence electrons. The summed E-state index contributed by atoms with van der Waals surface area (Å²) in [6.07, 6.45) is 0. The summed E-state index contributed by atoms with van der Waals surface area (Å²) < 4.78 is 0. The fourth-order valence-electron chi connectivity index (χ4n) is 8.60. The highest BCUT2D eigenvalue weighted by Gasteiger charge is 2.36. The van der Waals surface area contributed by atoms with Gasteiger partial charge in [-0.2, -0.15) is 0 Å². The molecule has 0 heterocycles. The van der Waals surface area contributed by atoms with Gasteiger partial charge in [0.25, 0.3) is 0 Å². The molecular formula is C51H37N. The van der Waals surface area contributed by atoms with Crippen LogP contribution >= 0.6 is 0 Å². The topological polar surface area (TPSA) is 3.24 Å². The molecule has 0 aliphatic heterocycles. The first-order chi connectivity index (χ1) is 25.5. The summed E-state index contributed by atoms with van der Waals surface area (Å²) in [4.78, 5) is 2.51. The SMILES string of the molecule is CC1(C)c2ccc(N(c3ccccc3-c3ccccc3)c3ccc4ccccc4c3-c3ccc4ccccc4c3)cc2-c2cc3ccccc3cc21. The Kier molecular flexibility index (Phi) is 6.91. The zero-order chi connectivity index (χ0) is 34.8.